The van der Waals surface area contributed by atoms with Crippen molar-refractivity contribution in [2.75, 3.05) is 13.1 Å². The fraction of sp³-hybridized carbons (Fsp3) is 0.318. The number of amides is 1. The molecule has 0 aliphatic carbocycles. The Balaban J connectivity index is 1.92. The van der Waals surface area contributed by atoms with E-state index < -0.39 is 5.41 Å². The maximum atomic E-state index is 13.2. The molecule has 7 heteroatoms. The predicted octanol–water partition coefficient (Wildman–Crippen LogP) is 3.29. The number of benzene rings is 1. The molecule has 0 saturated carbocycles. The predicted molar refractivity (Wildman–Crippen MR) is 109 cm³/mol. The van der Waals surface area contributed by atoms with E-state index in [2.05, 4.69) is 10.3 Å². The van der Waals surface area contributed by atoms with Crippen molar-refractivity contribution in [1.29, 1.82) is 5.41 Å². The van der Waals surface area contributed by atoms with Gasteiger partial charge in [0, 0.05) is 42.9 Å². The van der Waals surface area contributed by atoms with E-state index in [1.54, 1.807) is 35.4 Å². The lowest BCUT2D eigenvalue weighted by Crippen LogP contribution is -2.49. The van der Waals surface area contributed by atoms with Crippen LogP contribution in [-0.2, 0) is 11.3 Å². The van der Waals surface area contributed by atoms with Crippen molar-refractivity contribution in [3.8, 4) is 0 Å². The Hall–Kier alpha value is -3.22. The summed E-state index contributed by atoms with van der Waals surface area (Å²) in [6.07, 6.45) is 1.69. The van der Waals surface area contributed by atoms with E-state index in [1.807, 2.05) is 13.8 Å². The van der Waals surface area contributed by atoms with E-state index in [9.17, 15) is 14.0 Å². The van der Waals surface area contributed by atoms with Gasteiger partial charge in [0.1, 0.15) is 17.2 Å². The second-order valence-corrected chi connectivity index (χ2v) is 7.89. The first-order valence-electron chi connectivity index (χ1n) is 9.43. The summed E-state index contributed by atoms with van der Waals surface area (Å²) in [4.78, 5) is 29.4. The quantitative estimate of drug-likeness (QED) is 0.655. The third kappa shape index (κ3) is 4.45. The number of nitrogens with one attached hydrogen (secondary N) is 3. The Labute approximate surface area is 169 Å². The molecular weight excluding hydrogens is 371 g/mol. The Morgan fingerprint density at radius 3 is 2.52 bits per heavy atom. The van der Waals surface area contributed by atoms with Crippen LogP contribution in [0.5, 0.6) is 0 Å². The van der Waals surface area contributed by atoms with Crippen molar-refractivity contribution in [2.24, 2.45) is 5.41 Å². The highest BCUT2D eigenvalue weighted by Crippen LogP contribution is 2.34. The van der Waals surface area contributed by atoms with Gasteiger partial charge in [-0.2, -0.15) is 0 Å². The van der Waals surface area contributed by atoms with Gasteiger partial charge in [-0.1, -0.05) is 26.0 Å². The zero-order valence-electron chi connectivity index (χ0n) is 16.8. The van der Waals surface area contributed by atoms with Crippen LogP contribution in [0.3, 0.4) is 0 Å². The minimum Gasteiger partial charge on any atom is -0.383 e. The molecule has 0 bridgehead atoms. The summed E-state index contributed by atoms with van der Waals surface area (Å²) in [7, 11) is 0. The second kappa shape index (κ2) is 8.03. The van der Waals surface area contributed by atoms with Crippen LogP contribution in [0, 0.1) is 16.6 Å². The highest BCUT2D eigenvalue weighted by molar-refractivity contribution is 6.44. The molecule has 0 atom stereocenters. The summed E-state index contributed by atoms with van der Waals surface area (Å²) in [5, 5.41) is 11.7. The van der Waals surface area contributed by atoms with Crippen LogP contribution in [0.1, 0.15) is 36.8 Å². The Morgan fingerprint density at radius 1 is 1.24 bits per heavy atom. The lowest BCUT2D eigenvalue weighted by molar-refractivity contribution is -0.111. The fourth-order valence-electron chi connectivity index (χ4n) is 3.62. The van der Waals surface area contributed by atoms with Gasteiger partial charge in [0.2, 0.25) is 0 Å². The van der Waals surface area contributed by atoms with Crippen molar-refractivity contribution in [2.45, 2.75) is 27.3 Å². The van der Waals surface area contributed by atoms with Crippen LogP contribution in [0.4, 0.5) is 4.39 Å². The van der Waals surface area contributed by atoms with Crippen molar-refractivity contribution in [1.82, 2.24) is 15.2 Å². The zero-order chi connectivity index (χ0) is 21.2. The first kappa shape index (κ1) is 20.5. The zero-order valence-corrected chi connectivity index (χ0v) is 16.8. The van der Waals surface area contributed by atoms with Gasteiger partial charge in [0.15, 0.2) is 5.78 Å². The third-order valence-electron chi connectivity index (χ3n) is 5.07. The Bertz CT molecular complexity index is 959. The molecule has 1 aromatic carbocycles. The van der Waals surface area contributed by atoms with Gasteiger partial charge in [0.25, 0.3) is 5.91 Å². The first-order valence-corrected chi connectivity index (χ1v) is 9.43. The summed E-state index contributed by atoms with van der Waals surface area (Å²) in [5.41, 5.74) is 2.01. The van der Waals surface area contributed by atoms with E-state index in [0.29, 0.717) is 24.4 Å². The average molecular weight is 396 g/mol. The maximum absolute atomic E-state index is 13.2. The van der Waals surface area contributed by atoms with Gasteiger partial charge in [-0.25, -0.2) is 4.39 Å². The molecule has 2 heterocycles. The van der Waals surface area contributed by atoms with Gasteiger partial charge >= 0.3 is 0 Å². The number of H-pyrrole nitrogens is 1. The molecular formula is C22H25FN4O2. The fourth-order valence-corrected chi connectivity index (χ4v) is 3.62. The molecule has 1 aliphatic rings. The van der Waals surface area contributed by atoms with Crippen LogP contribution in [0.2, 0.25) is 0 Å². The molecule has 0 radical (unpaired) electrons. The number of carbonyl (C=O) groups excluding carboxylic acids is 2. The van der Waals surface area contributed by atoms with Gasteiger partial charge in [-0.3, -0.25) is 15.0 Å². The largest absolute Gasteiger partial charge is 0.383 e. The Kier molecular flexibility index (Phi) is 5.68. The van der Waals surface area contributed by atoms with E-state index >= 15 is 0 Å². The summed E-state index contributed by atoms with van der Waals surface area (Å²) in [6, 6.07) is 9.63. The smallest absolute Gasteiger partial charge is 0.270 e. The molecule has 0 saturated heterocycles. The van der Waals surface area contributed by atoms with Crippen molar-refractivity contribution >= 4 is 17.4 Å². The summed E-state index contributed by atoms with van der Waals surface area (Å²) in [5.74, 6) is -0.830. The van der Waals surface area contributed by atoms with Crippen LogP contribution >= 0.6 is 0 Å². The molecule has 3 N–H and O–H groups in total. The second-order valence-electron chi connectivity index (χ2n) is 7.89. The van der Waals surface area contributed by atoms with Crippen LogP contribution < -0.4 is 5.32 Å². The lowest BCUT2D eigenvalue weighted by atomic mass is 9.80. The number of Topliss-reactive ketones (excluding diaryl/α,β-unsaturated/α-hetero) is 1. The number of aromatic nitrogens is 1. The van der Waals surface area contributed by atoms with Crippen LogP contribution in [-0.4, -0.2) is 40.4 Å². The average Bonchev–Trinajstić information content (AvgIpc) is 3.20. The number of aromatic amines is 1. The molecule has 29 heavy (non-hydrogen) atoms. The molecule has 0 fully saturated rings. The monoisotopic (exact) mass is 396 g/mol. The minimum absolute atomic E-state index is 0.108. The van der Waals surface area contributed by atoms with Crippen LogP contribution in [0.15, 0.2) is 53.9 Å². The molecule has 1 aromatic heterocycles. The molecule has 0 spiro atoms. The van der Waals surface area contributed by atoms with Gasteiger partial charge in [-0.15, -0.1) is 0 Å². The number of carbonyl (C=O) groups is 2. The number of hydrogen-bond donors (Lipinski definition) is 3. The standard InChI is InChI=1S/C22H25FN4O2/c1-14(28)19(24)17-12-27(21(29)18-5-4-10-25-18)13-22(2,3)20(17)26-11-15-6-8-16(23)9-7-15/h4-10,24-26H,11-13H2,1-3H3. The highest BCUT2D eigenvalue weighted by Gasteiger charge is 2.38. The number of halogens is 1. The minimum atomic E-state index is -0.502. The van der Waals surface area contributed by atoms with Crippen molar-refractivity contribution in [3.05, 3.63) is 70.9 Å². The number of rotatable bonds is 6. The van der Waals surface area contributed by atoms with Crippen molar-refractivity contribution < 1.29 is 14.0 Å². The van der Waals surface area contributed by atoms with E-state index in [0.717, 1.165) is 11.3 Å². The van der Waals surface area contributed by atoms with Crippen LogP contribution in [0.25, 0.3) is 0 Å². The Morgan fingerprint density at radius 2 is 1.93 bits per heavy atom. The van der Waals surface area contributed by atoms with Crippen molar-refractivity contribution in [3.63, 3.8) is 0 Å². The molecule has 1 amide bonds. The number of ketones is 1. The van der Waals surface area contributed by atoms with E-state index in [1.165, 1.54) is 19.1 Å². The SMILES string of the molecule is CC(=O)C(=N)C1=C(NCc2ccc(F)cc2)C(C)(C)CN(C(=O)c2ccc[nH]2)C1. The molecule has 152 valence electrons. The van der Waals surface area contributed by atoms with Gasteiger partial charge < -0.3 is 15.2 Å². The van der Waals surface area contributed by atoms with E-state index in [4.69, 9.17) is 5.41 Å². The maximum Gasteiger partial charge on any atom is 0.270 e. The lowest BCUT2D eigenvalue weighted by Gasteiger charge is -2.41. The normalized spacial score (nSPS) is 15.9. The topological polar surface area (TPSA) is 89.1 Å². The molecule has 1 aliphatic heterocycles. The third-order valence-corrected chi connectivity index (χ3v) is 5.07. The van der Waals surface area contributed by atoms with E-state index in [-0.39, 0.29) is 29.8 Å². The van der Waals surface area contributed by atoms with Gasteiger partial charge in [-0.05, 0) is 29.8 Å². The molecule has 2 aromatic rings. The summed E-state index contributed by atoms with van der Waals surface area (Å²) < 4.78 is 13.2. The number of hydrogen-bond acceptors (Lipinski definition) is 4. The summed E-state index contributed by atoms with van der Waals surface area (Å²) >= 11 is 0. The first-order chi connectivity index (χ1) is 13.7. The molecule has 0 unspecified atom stereocenters. The number of nitrogens with zero attached hydrogens (tertiary/aromatic N) is 1. The molecule has 3 rings (SSSR count). The van der Waals surface area contributed by atoms with Gasteiger partial charge in [0.05, 0.1) is 6.54 Å². The highest BCUT2D eigenvalue weighted by atomic mass is 19.1. The summed E-state index contributed by atoms with van der Waals surface area (Å²) in [6.45, 7) is 6.34. The molecule has 6 nitrogen and oxygen atoms in total.